The van der Waals surface area contributed by atoms with E-state index < -0.39 is 0 Å². The molecule has 0 radical (unpaired) electrons. The van der Waals surface area contributed by atoms with Crippen LogP contribution in [0, 0.1) is 12.7 Å². The van der Waals surface area contributed by atoms with E-state index in [4.69, 9.17) is 5.73 Å². The van der Waals surface area contributed by atoms with Gasteiger partial charge in [-0.15, -0.1) is 0 Å². The zero-order valence-corrected chi connectivity index (χ0v) is 7.37. The second kappa shape index (κ2) is 2.42. The zero-order valence-electron chi connectivity index (χ0n) is 7.37. The molecule has 0 aromatic carbocycles. The Hall–Kier alpha value is -1.65. The second-order valence-corrected chi connectivity index (χ2v) is 2.95. The van der Waals surface area contributed by atoms with Gasteiger partial charge in [0.2, 0.25) is 5.95 Å². The van der Waals surface area contributed by atoms with Crippen molar-refractivity contribution in [2.24, 2.45) is 7.05 Å². The van der Waals surface area contributed by atoms with E-state index in [1.807, 2.05) is 0 Å². The molecule has 0 fully saturated rings. The molecule has 4 nitrogen and oxygen atoms in total. The maximum atomic E-state index is 13.3. The van der Waals surface area contributed by atoms with Gasteiger partial charge in [-0.3, -0.25) is 0 Å². The van der Waals surface area contributed by atoms with Gasteiger partial charge >= 0.3 is 0 Å². The maximum absolute atomic E-state index is 13.3. The van der Waals surface area contributed by atoms with Crippen LogP contribution in [0.15, 0.2) is 6.20 Å². The minimum absolute atomic E-state index is 0.172. The number of anilines is 1. The third kappa shape index (κ3) is 1.04. The lowest BCUT2D eigenvalue weighted by atomic mass is 10.3. The molecule has 0 spiro atoms. The van der Waals surface area contributed by atoms with E-state index in [0.717, 1.165) is 0 Å². The van der Waals surface area contributed by atoms with Crippen molar-refractivity contribution in [1.29, 1.82) is 0 Å². The van der Waals surface area contributed by atoms with Gasteiger partial charge in [0.25, 0.3) is 0 Å². The Morgan fingerprint density at radius 3 is 2.85 bits per heavy atom. The van der Waals surface area contributed by atoms with E-state index in [0.29, 0.717) is 16.7 Å². The van der Waals surface area contributed by atoms with Gasteiger partial charge in [-0.1, -0.05) is 0 Å². The lowest BCUT2D eigenvalue weighted by Gasteiger charge is -1.98. The Bertz CT molecular complexity index is 474. The van der Waals surface area contributed by atoms with Gasteiger partial charge in [0.05, 0.1) is 11.1 Å². The first-order valence-electron chi connectivity index (χ1n) is 3.84. The number of nitrogens with zero attached hydrogens (tertiary/aromatic N) is 3. The van der Waals surface area contributed by atoms with Crippen LogP contribution in [-0.2, 0) is 7.05 Å². The number of rotatable bonds is 0. The van der Waals surface area contributed by atoms with Gasteiger partial charge in [0.1, 0.15) is 5.65 Å². The molecule has 0 aliphatic rings. The molecule has 0 saturated heterocycles. The smallest absolute Gasteiger partial charge is 0.222 e. The fraction of sp³-hybridized carbons (Fsp3) is 0.250. The fourth-order valence-electron chi connectivity index (χ4n) is 1.41. The molecule has 0 amide bonds. The molecule has 68 valence electrons. The minimum Gasteiger partial charge on any atom is -0.368 e. The molecule has 2 N–H and O–H groups in total. The highest BCUT2D eigenvalue weighted by atomic mass is 19.1. The topological polar surface area (TPSA) is 56.7 Å². The first-order chi connectivity index (χ1) is 6.09. The van der Waals surface area contributed by atoms with Gasteiger partial charge in [0, 0.05) is 13.2 Å². The Morgan fingerprint density at radius 1 is 1.46 bits per heavy atom. The maximum Gasteiger partial charge on any atom is 0.222 e. The predicted molar refractivity (Wildman–Crippen MR) is 47.6 cm³/mol. The summed E-state index contributed by atoms with van der Waals surface area (Å²) < 4.78 is 14.9. The Labute approximate surface area is 74.2 Å². The molecular weight excluding hydrogens is 171 g/mol. The van der Waals surface area contributed by atoms with Crippen molar-refractivity contribution in [3.05, 3.63) is 17.7 Å². The Morgan fingerprint density at radius 2 is 2.15 bits per heavy atom. The molecule has 0 aliphatic heterocycles. The number of hydrogen-bond donors (Lipinski definition) is 1. The summed E-state index contributed by atoms with van der Waals surface area (Å²) in [6, 6.07) is 0. The van der Waals surface area contributed by atoms with Crippen molar-refractivity contribution in [2.45, 2.75) is 6.92 Å². The Balaban J connectivity index is 2.97. The quantitative estimate of drug-likeness (QED) is 0.658. The van der Waals surface area contributed by atoms with E-state index in [-0.39, 0.29) is 11.8 Å². The van der Waals surface area contributed by atoms with Crippen LogP contribution in [0.4, 0.5) is 10.3 Å². The highest BCUT2D eigenvalue weighted by molar-refractivity contribution is 5.80. The van der Waals surface area contributed by atoms with Crippen molar-refractivity contribution in [1.82, 2.24) is 14.5 Å². The number of halogens is 1. The van der Waals surface area contributed by atoms with Gasteiger partial charge in [-0.2, -0.15) is 4.98 Å². The van der Waals surface area contributed by atoms with Gasteiger partial charge in [-0.25, -0.2) is 9.37 Å². The monoisotopic (exact) mass is 180 g/mol. The molecule has 0 bridgehead atoms. The molecule has 2 aromatic heterocycles. The highest BCUT2D eigenvalue weighted by Crippen LogP contribution is 2.20. The van der Waals surface area contributed by atoms with Crippen LogP contribution in [0.2, 0.25) is 0 Å². The molecular formula is C8H9FN4. The van der Waals surface area contributed by atoms with Gasteiger partial charge in [0.15, 0.2) is 5.82 Å². The number of fused-ring (bicyclic) bond motifs is 1. The number of aromatic nitrogens is 3. The van der Waals surface area contributed by atoms with Crippen LogP contribution in [0.1, 0.15) is 5.69 Å². The summed E-state index contributed by atoms with van der Waals surface area (Å²) in [5.41, 5.74) is 6.54. The van der Waals surface area contributed by atoms with Crippen LogP contribution in [0.25, 0.3) is 11.0 Å². The van der Waals surface area contributed by atoms with Crippen LogP contribution in [0.5, 0.6) is 0 Å². The third-order valence-electron chi connectivity index (χ3n) is 1.97. The van der Waals surface area contributed by atoms with E-state index in [1.54, 1.807) is 18.5 Å². The van der Waals surface area contributed by atoms with Crippen molar-refractivity contribution < 1.29 is 4.39 Å². The Kier molecular flexibility index (Phi) is 1.48. The molecule has 0 aliphatic carbocycles. The predicted octanol–water partition coefficient (Wildman–Crippen LogP) is 0.998. The molecule has 0 saturated carbocycles. The van der Waals surface area contributed by atoms with Crippen LogP contribution in [-0.4, -0.2) is 14.5 Å². The first kappa shape index (κ1) is 7.97. The summed E-state index contributed by atoms with van der Waals surface area (Å²) in [4.78, 5) is 7.84. The molecule has 5 heteroatoms. The molecule has 2 aromatic rings. The minimum atomic E-state index is -0.310. The van der Waals surface area contributed by atoms with Crippen molar-refractivity contribution >= 4 is 17.0 Å². The second-order valence-electron chi connectivity index (χ2n) is 2.95. The van der Waals surface area contributed by atoms with Crippen LogP contribution in [0.3, 0.4) is 0 Å². The summed E-state index contributed by atoms with van der Waals surface area (Å²) >= 11 is 0. The zero-order chi connectivity index (χ0) is 9.59. The fourth-order valence-corrected chi connectivity index (χ4v) is 1.41. The van der Waals surface area contributed by atoms with E-state index >= 15 is 0 Å². The van der Waals surface area contributed by atoms with E-state index in [9.17, 15) is 4.39 Å². The average Bonchev–Trinajstić information content (AvgIpc) is 2.27. The summed E-state index contributed by atoms with van der Waals surface area (Å²) in [6.07, 6.45) is 1.37. The largest absolute Gasteiger partial charge is 0.368 e. The number of nitrogens with two attached hydrogens (primary N) is 1. The highest BCUT2D eigenvalue weighted by Gasteiger charge is 2.11. The SMILES string of the molecule is Cc1nc(N)nc2c1c(F)cn2C. The number of aryl methyl sites for hydroxylation is 2. The lowest BCUT2D eigenvalue weighted by molar-refractivity contribution is 0.632. The molecule has 0 atom stereocenters. The van der Waals surface area contributed by atoms with Crippen molar-refractivity contribution in [3.63, 3.8) is 0 Å². The normalized spacial score (nSPS) is 11.0. The summed E-state index contributed by atoms with van der Waals surface area (Å²) in [5.74, 6) is -0.138. The van der Waals surface area contributed by atoms with E-state index in [1.165, 1.54) is 6.20 Å². The summed E-state index contributed by atoms with van der Waals surface area (Å²) in [5, 5.41) is 0.441. The number of hydrogen-bond acceptors (Lipinski definition) is 3. The van der Waals surface area contributed by atoms with Gasteiger partial charge in [-0.05, 0) is 6.92 Å². The van der Waals surface area contributed by atoms with Crippen molar-refractivity contribution in [3.8, 4) is 0 Å². The summed E-state index contributed by atoms with van der Waals surface area (Å²) in [7, 11) is 1.72. The molecule has 2 heterocycles. The van der Waals surface area contributed by atoms with Crippen LogP contribution < -0.4 is 5.73 Å². The summed E-state index contributed by atoms with van der Waals surface area (Å²) in [6.45, 7) is 1.71. The third-order valence-corrected chi connectivity index (χ3v) is 1.97. The molecule has 13 heavy (non-hydrogen) atoms. The van der Waals surface area contributed by atoms with Gasteiger partial charge < -0.3 is 10.3 Å². The van der Waals surface area contributed by atoms with Crippen molar-refractivity contribution in [2.75, 3.05) is 5.73 Å². The standard InChI is InChI=1S/C8H9FN4/c1-4-6-5(9)3-13(2)7(6)12-8(10)11-4/h3H,1-2H3,(H2,10,11,12). The molecule has 2 rings (SSSR count). The lowest BCUT2D eigenvalue weighted by Crippen LogP contribution is -1.99. The number of nitrogen functional groups attached to an aromatic ring is 1. The molecule has 0 unspecified atom stereocenters. The average molecular weight is 180 g/mol. The van der Waals surface area contributed by atoms with Crippen LogP contribution >= 0.6 is 0 Å². The first-order valence-corrected chi connectivity index (χ1v) is 3.84. The van der Waals surface area contributed by atoms with E-state index in [2.05, 4.69) is 9.97 Å².